The summed E-state index contributed by atoms with van der Waals surface area (Å²) in [6.07, 6.45) is 2.69. The second kappa shape index (κ2) is 9.60. The second-order valence-electron chi connectivity index (χ2n) is 7.92. The first-order valence-electron chi connectivity index (χ1n) is 10.8. The van der Waals surface area contributed by atoms with Crippen LogP contribution >= 0.6 is 0 Å². The van der Waals surface area contributed by atoms with Gasteiger partial charge in [0.2, 0.25) is 0 Å². The molecule has 2 heterocycles. The maximum Gasteiger partial charge on any atom is 0.275 e. The summed E-state index contributed by atoms with van der Waals surface area (Å²) in [6.45, 7) is 5.51. The zero-order chi connectivity index (χ0) is 22.5. The van der Waals surface area contributed by atoms with Crippen LogP contribution in [0.15, 0.2) is 71.7 Å². The minimum absolute atomic E-state index is 0.120. The largest absolute Gasteiger partial charge is 0.375 e. The van der Waals surface area contributed by atoms with Gasteiger partial charge in [0.05, 0.1) is 23.3 Å². The first-order valence-corrected chi connectivity index (χ1v) is 10.8. The maximum atomic E-state index is 12.9. The Morgan fingerprint density at radius 3 is 2.62 bits per heavy atom. The van der Waals surface area contributed by atoms with Gasteiger partial charge in [0, 0.05) is 37.3 Å². The molecule has 0 amide bonds. The quantitative estimate of drug-likeness (QED) is 0.427. The zero-order valence-electron chi connectivity index (χ0n) is 18.7. The van der Waals surface area contributed by atoms with Crippen molar-refractivity contribution in [3.05, 3.63) is 88.7 Å². The van der Waals surface area contributed by atoms with E-state index in [4.69, 9.17) is 0 Å². The van der Waals surface area contributed by atoms with Crippen LogP contribution in [0.5, 0.6) is 0 Å². The van der Waals surface area contributed by atoms with Gasteiger partial charge >= 0.3 is 0 Å². The highest BCUT2D eigenvalue weighted by atomic mass is 16.1. The minimum atomic E-state index is -0.307. The highest BCUT2D eigenvalue weighted by molar-refractivity contribution is 5.80. The lowest BCUT2D eigenvalue weighted by Gasteiger charge is -2.19. The van der Waals surface area contributed by atoms with Gasteiger partial charge in [0.1, 0.15) is 11.6 Å². The molecule has 2 aromatic carbocycles. The predicted molar refractivity (Wildman–Crippen MR) is 129 cm³/mol. The van der Waals surface area contributed by atoms with Gasteiger partial charge in [-0.25, -0.2) is 14.6 Å². The number of aryl methyl sites for hydroxylation is 1. The molecule has 0 aliphatic rings. The summed E-state index contributed by atoms with van der Waals surface area (Å²) in [5.74, 6) is 1.42. The molecule has 0 spiro atoms. The fraction of sp³-hybridized carbons (Fsp3) is 0.280. The molecule has 164 valence electrons. The Balaban J connectivity index is 1.44. The van der Waals surface area contributed by atoms with Crippen molar-refractivity contribution in [1.29, 1.82) is 0 Å². The third-order valence-corrected chi connectivity index (χ3v) is 5.55. The third kappa shape index (κ3) is 4.77. The number of hydrogen-bond acceptors (Lipinski definition) is 6. The van der Waals surface area contributed by atoms with E-state index >= 15 is 0 Å². The zero-order valence-corrected chi connectivity index (χ0v) is 18.7. The molecule has 4 rings (SSSR count). The van der Waals surface area contributed by atoms with Crippen LogP contribution in [-0.4, -0.2) is 39.9 Å². The Labute approximate surface area is 187 Å². The monoisotopic (exact) mass is 428 g/mol. The number of para-hydroxylation sites is 1. The molecule has 32 heavy (non-hydrogen) atoms. The average Bonchev–Trinajstić information content (AvgIpc) is 2.82. The van der Waals surface area contributed by atoms with Crippen molar-refractivity contribution in [3.63, 3.8) is 0 Å². The fourth-order valence-corrected chi connectivity index (χ4v) is 3.75. The van der Waals surface area contributed by atoms with Crippen molar-refractivity contribution in [2.75, 3.05) is 30.4 Å². The van der Waals surface area contributed by atoms with E-state index in [-0.39, 0.29) is 11.6 Å². The van der Waals surface area contributed by atoms with E-state index in [1.54, 1.807) is 6.20 Å². The van der Waals surface area contributed by atoms with Crippen LogP contribution in [0.3, 0.4) is 0 Å². The summed E-state index contributed by atoms with van der Waals surface area (Å²) >= 11 is 0. The predicted octanol–water partition coefficient (Wildman–Crippen LogP) is 4.04. The van der Waals surface area contributed by atoms with E-state index in [1.807, 2.05) is 62.4 Å². The molecule has 0 aliphatic heterocycles. The van der Waals surface area contributed by atoms with Crippen molar-refractivity contribution in [2.24, 2.45) is 0 Å². The van der Waals surface area contributed by atoms with E-state index < -0.39 is 0 Å². The van der Waals surface area contributed by atoms with Crippen molar-refractivity contribution >= 4 is 22.3 Å². The molecule has 0 unspecified atom stereocenters. The fourth-order valence-electron chi connectivity index (χ4n) is 3.75. The Hall–Kier alpha value is -3.74. The van der Waals surface area contributed by atoms with Gasteiger partial charge < -0.3 is 10.2 Å². The molecule has 0 saturated carbocycles. The molecule has 7 nitrogen and oxygen atoms in total. The molecule has 7 heteroatoms. The number of hydrogen-bond donors (Lipinski definition) is 1. The first-order chi connectivity index (χ1) is 15.5. The molecule has 1 atom stereocenters. The SMILES string of the molecule is Cc1nc(NCCCN(C)c2ccccc2)cc([C@H](C)n2ncc3ccccc3c2=O)n1. The normalized spacial score (nSPS) is 12.0. The van der Waals surface area contributed by atoms with Crippen molar-refractivity contribution in [2.45, 2.75) is 26.3 Å². The lowest BCUT2D eigenvalue weighted by atomic mass is 10.2. The van der Waals surface area contributed by atoms with Gasteiger partial charge in [-0.3, -0.25) is 4.79 Å². The van der Waals surface area contributed by atoms with Crippen LogP contribution in [-0.2, 0) is 0 Å². The van der Waals surface area contributed by atoms with Crippen molar-refractivity contribution < 1.29 is 0 Å². The van der Waals surface area contributed by atoms with Crippen LogP contribution in [0.25, 0.3) is 10.8 Å². The Morgan fingerprint density at radius 1 is 1.06 bits per heavy atom. The van der Waals surface area contributed by atoms with Gasteiger partial charge in [-0.15, -0.1) is 0 Å². The summed E-state index contributed by atoms with van der Waals surface area (Å²) in [5, 5.41) is 9.27. The van der Waals surface area contributed by atoms with Crippen molar-refractivity contribution in [3.8, 4) is 0 Å². The van der Waals surface area contributed by atoms with Crippen molar-refractivity contribution in [1.82, 2.24) is 19.7 Å². The van der Waals surface area contributed by atoms with Gasteiger partial charge in [-0.1, -0.05) is 36.4 Å². The summed E-state index contributed by atoms with van der Waals surface area (Å²) in [4.78, 5) is 24.3. The molecule has 1 N–H and O–H groups in total. The highest BCUT2D eigenvalue weighted by Gasteiger charge is 2.16. The number of nitrogens with one attached hydrogen (secondary N) is 1. The Bertz CT molecular complexity index is 1250. The van der Waals surface area contributed by atoms with Crippen LogP contribution in [0, 0.1) is 6.92 Å². The van der Waals surface area contributed by atoms with Gasteiger partial charge in [-0.05, 0) is 38.5 Å². The molecule has 4 aromatic rings. The number of fused-ring (bicyclic) bond motifs is 1. The molecule has 0 bridgehead atoms. The van der Waals surface area contributed by atoms with Gasteiger partial charge in [0.15, 0.2) is 0 Å². The molecular formula is C25H28N6O. The number of benzene rings is 2. The lowest BCUT2D eigenvalue weighted by Crippen LogP contribution is -2.27. The summed E-state index contributed by atoms with van der Waals surface area (Å²) in [7, 11) is 2.10. The molecule has 2 aromatic heterocycles. The second-order valence-corrected chi connectivity index (χ2v) is 7.92. The minimum Gasteiger partial charge on any atom is -0.375 e. The van der Waals surface area contributed by atoms with E-state index in [1.165, 1.54) is 10.4 Å². The molecule has 0 saturated heterocycles. The first kappa shape index (κ1) is 21.5. The summed E-state index contributed by atoms with van der Waals surface area (Å²) in [6, 6.07) is 19.4. The van der Waals surface area contributed by atoms with E-state index in [2.05, 4.69) is 44.5 Å². The molecule has 0 radical (unpaired) electrons. The van der Waals surface area contributed by atoms with Gasteiger partial charge in [-0.2, -0.15) is 5.10 Å². The van der Waals surface area contributed by atoms with Crippen LogP contribution < -0.4 is 15.8 Å². The maximum absolute atomic E-state index is 12.9. The topological polar surface area (TPSA) is 75.9 Å². The van der Waals surface area contributed by atoms with Crippen LogP contribution in [0.1, 0.15) is 30.9 Å². The molecule has 0 fully saturated rings. The highest BCUT2D eigenvalue weighted by Crippen LogP contribution is 2.18. The Kier molecular flexibility index (Phi) is 6.44. The number of anilines is 2. The van der Waals surface area contributed by atoms with E-state index in [0.29, 0.717) is 11.2 Å². The van der Waals surface area contributed by atoms with E-state index in [0.717, 1.165) is 36.4 Å². The standard InChI is InChI=1S/C25H28N6O/c1-18(31-25(32)22-13-8-7-10-20(22)17-27-31)23-16-24(29-19(2)28-23)26-14-9-15-30(3)21-11-5-4-6-12-21/h4-8,10-13,16-18H,9,14-15H2,1-3H3,(H,26,28,29)/t18-/m0/s1. The lowest BCUT2D eigenvalue weighted by molar-refractivity contribution is 0.523. The molecule has 0 aliphatic carbocycles. The average molecular weight is 429 g/mol. The van der Waals surface area contributed by atoms with Crippen LogP contribution in [0.2, 0.25) is 0 Å². The number of aromatic nitrogens is 4. The number of rotatable bonds is 8. The smallest absolute Gasteiger partial charge is 0.275 e. The third-order valence-electron chi connectivity index (χ3n) is 5.55. The number of nitrogens with zero attached hydrogens (tertiary/aromatic N) is 5. The van der Waals surface area contributed by atoms with E-state index in [9.17, 15) is 4.79 Å². The van der Waals surface area contributed by atoms with Gasteiger partial charge in [0.25, 0.3) is 5.56 Å². The summed E-state index contributed by atoms with van der Waals surface area (Å²) < 4.78 is 1.49. The molecular weight excluding hydrogens is 400 g/mol. The summed E-state index contributed by atoms with van der Waals surface area (Å²) in [5.41, 5.74) is 1.84. The van der Waals surface area contributed by atoms with Crippen LogP contribution in [0.4, 0.5) is 11.5 Å². The Morgan fingerprint density at radius 2 is 1.81 bits per heavy atom.